The van der Waals surface area contributed by atoms with Crippen LogP contribution in [0.1, 0.15) is 47.3 Å². The molecule has 4 nitrogen and oxygen atoms in total. The van der Waals surface area contributed by atoms with E-state index in [4.69, 9.17) is 16.3 Å². The van der Waals surface area contributed by atoms with Gasteiger partial charge in [-0.05, 0) is 56.4 Å². The summed E-state index contributed by atoms with van der Waals surface area (Å²) < 4.78 is 20.3. The zero-order valence-electron chi connectivity index (χ0n) is 15.7. The minimum atomic E-state index is -0.493. The third-order valence-electron chi connectivity index (χ3n) is 4.96. The van der Waals surface area contributed by atoms with E-state index in [-0.39, 0.29) is 17.3 Å². The molecule has 144 valence electrons. The number of benzene rings is 2. The molecule has 0 atom stereocenters. The van der Waals surface area contributed by atoms with Gasteiger partial charge in [0.15, 0.2) is 5.69 Å². The Balaban J connectivity index is 1.88. The number of nitrogens with zero attached hydrogens (tertiary/aromatic N) is 2. The normalized spacial score (nSPS) is 13.6. The van der Waals surface area contributed by atoms with Crippen molar-refractivity contribution < 1.29 is 13.9 Å². The topological polar surface area (TPSA) is 44.1 Å². The summed E-state index contributed by atoms with van der Waals surface area (Å²) in [6.07, 6.45) is 2.46. The Bertz CT molecular complexity index is 1040. The maximum Gasteiger partial charge on any atom is 0.359 e. The molecule has 1 aliphatic rings. The SMILES string of the molecule is CCOC(=O)c1nn(-c2ccc(F)cc2Cl)c(-c2ccc(C3CC3)cc2)c1C. The van der Waals surface area contributed by atoms with Crippen LogP contribution < -0.4 is 0 Å². The smallest absolute Gasteiger partial charge is 0.359 e. The van der Waals surface area contributed by atoms with Gasteiger partial charge in [-0.25, -0.2) is 13.9 Å². The van der Waals surface area contributed by atoms with Gasteiger partial charge in [0.25, 0.3) is 0 Å². The van der Waals surface area contributed by atoms with E-state index >= 15 is 0 Å². The number of ether oxygens (including phenoxy) is 1. The summed E-state index contributed by atoms with van der Waals surface area (Å²) in [5.74, 6) is -0.270. The van der Waals surface area contributed by atoms with Crippen LogP contribution in [-0.4, -0.2) is 22.4 Å². The average Bonchev–Trinajstić information content (AvgIpc) is 3.46. The van der Waals surface area contributed by atoms with E-state index in [1.807, 2.05) is 19.1 Å². The number of carbonyl (C=O) groups excluding carboxylic acids is 1. The average molecular weight is 399 g/mol. The first-order chi connectivity index (χ1) is 13.5. The lowest BCUT2D eigenvalue weighted by Crippen LogP contribution is -2.08. The fourth-order valence-electron chi connectivity index (χ4n) is 3.39. The third kappa shape index (κ3) is 3.42. The van der Waals surface area contributed by atoms with Crippen molar-refractivity contribution >= 4 is 17.6 Å². The predicted molar refractivity (Wildman–Crippen MR) is 107 cm³/mol. The van der Waals surface area contributed by atoms with E-state index in [2.05, 4.69) is 17.2 Å². The molecule has 0 saturated heterocycles. The van der Waals surface area contributed by atoms with Crippen molar-refractivity contribution in [2.75, 3.05) is 6.61 Å². The molecule has 1 aromatic heterocycles. The van der Waals surface area contributed by atoms with Crippen LogP contribution in [-0.2, 0) is 4.74 Å². The van der Waals surface area contributed by atoms with Crippen molar-refractivity contribution in [2.24, 2.45) is 0 Å². The quantitative estimate of drug-likeness (QED) is 0.518. The molecule has 0 aliphatic heterocycles. The summed E-state index contributed by atoms with van der Waals surface area (Å²) >= 11 is 6.28. The first-order valence-electron chi connectivity index (χ1n) is 9.32. The molecular weight excluding hydrogens is 379 g/mol. The van der Waals surface area contributed by atoms with Crippen molar-refractivity contribution in [1.29, 1.82) is 0 Å². The fourth-order valence-corrected chi connectivity index (χ4v) is 3.63. The Labute approximate surface area is 167 Å². The molecule has 1 saturated carbocycles. The fraction of sp³-hybridized carbons (Fsp3) is 0.273. The molecule has 28 heavy (non-hydrogen) atoms. The number of carbonyl (C=O) groups is 1. The van der Waals surface area contributed by atoms with Crippen LogP contribution in [0, 0.1) is 12.7 Å². The molecule has 1 heterocycles. The lowest BCUT2D eigenvalue weighted by Gasteiger charge is -2.11. The number of esters is 1. The molecule has 0 amide bonds. The van der Waals surface area contributed by atoms with E-state index < -0.39 is 11.8 Å². The third-order valence-corrected chi connectivity index (χ3v) is 5.26. The van der Waals surface area contributed by atoms with Gasteiger partial charge in [-0.3, -0.25) is 0 Å². The van der Waals surface area contributed by atoms with Gasteiger partial charge in [-0.15, -0.1) is 0 Å². The van der Waals surface area contributed by atoms with Gasteiger partial charge in [-0.1, -0.05) is 35.9 Å². The van der Waals surface area contributed by atoms with Gasteiger partial charge < -0.3 is 4.74 Å². The van der Waals surface area contributed by atoms with Crippen LogP contribution in [0.5, 0.6) is 0 Å². The summed E-state index contributed by atoms with van der Waals surface area (Å²) in [4.78, 5) is 12.4. The molecule has 0 bridgehead atoms. The van der Waals surface area contributed by atoms with Gasteiger partial charge in [0.05, 0.1) is 23.0 Å². The number of aromatic nitrogens is 2. The first-order valence-corrected chi connectivity index (χ1v) is 9.70. The summed E-state index contributed by atoms with van der Waals surface area (Å²) in [5, 5.41) is 4.69. The molecule has 1 aliphatic carbocycles. The second-order valence-electron chi connectivity index (χ2n) is 6.95. The standard InChI is InChI=1S/C22H20ClFN2O2/c1-3-28-22(27)20-13(2)21(16-8-6-15(7-9-16)14-4-5-14)26(25-20)19-11-10-17(24)12-18(19)23/h6-12,14H,3-5H2,1-2H3. The van der Waals surface area contributed by atoms with E-state index in [1.165, 1.54) is 30.5 Å². The van der Waals surface area contributed by atoms with Gasteiger partial charge in [-0.2, -0.15) is 5.10 Å². The highest BCUT2D eigenvalue weighted by Gasteiger charge is 2.26. The first kappa shape index (κ1) is 18.7. The molecule has 0 N–H and O–H groups in total. The molecule has 1 fully saturated rings. The Morgan fingerprint density at radius 2 is 1.96 bits per heavy atom. The Kier molecular flexibility index (Phi) is 4.94. The highest BCUT2D eigenvalue weighted by Crippen LogP contribution is 2.41. The van der Waals surface area contributed by atoms with Crippen molar-refractivity contribution in [3.8, 4) is 16.9 Å². The van der Waals surface area contributed by atoms with Crippen LogP contribution in [0.25, 0.3) is 16.9 Å². The summed E-state index contributed by atoms with van der Waals surface area (Å²) in [7, 11) is 0. The molecule has 4 rings (SSSR count). The molecule has 6 heteroatoms. The van der Waals surface area contributed by atoms with Crippen LogP contribution >= 0.6 is 11.6 Å². The van der Waals surface area contributed by atoms with Gasteiger partial charge >= 0.3 is 5.97 Å². The Morgan fingerprint density at radius 3 is 2.57 bits per heavy atom. The number of rotatable bonds is 5. The number of hydrogen-bond donors (Lipinski definition) is 0. The minimum Gasteiger partial charge on any atom is -0.461 e. The second kappa shape index (κ2) is 7.40. The van der Waals surface area contributed by atoms with Crippen molar-refractivity contribution in [2.45, 2.75) is 32.6 Å². The minimum absolute atomic E-state index is 0.216. The van der Waals surface area contributed by atoms with Crippen LogP contribution in [0.4, 0.5) is 4.39 Å². The molecule has 0 radical (unpaired) electrons. The lowest BCUT2D eigenvalue weighted by atomic mass is 10.0. The zero-order chi connectivity index (χ0) is 19.8. The molecular formula is C22H20ClFN2O2. The predicted octanol–water partition coefficient (Wildman–Crippen LogP) is 5.69. The van der Waals surface area contributed by atoms with Crippen molar-refractivity contribution in [3.63, 3.8) is 0 Å². The lowest BCUT2D eigenvalue weighted by molar-refractivity contribution is 0.0518. The van der Waals surface area contributed by atoms with Crippen LogP contribution in [0.15, 0.2) is 42.5 Å². The summed E-state index contributed by atoms with van der Waals surface area (Å²) in [6, 6.07) is 12.4. The maximum atomic E-state index is 13.5. The molecule has 3 aromatic rings. The van der Waals surface area contributed by atoms with Gasteiger partial charge in [0.1, 0.15) is 5.82 Å². The van der Waals surface area contributed by atoms with Crippen molar-refractivity contribution in [3.05, 3.63) is 70.1 Å². The summed E-state index contributed by atoms with van der Waals surface area (Å²) in [6.45, 7) is 3.84. The maximum absolute atomic E-state index is 13.5. The zero-order valence-corrected chi connectivity index (χ0v) is 16.5. The molecule has 0 unspecified atom stereocenters. The monoisotopic (exact) mass is 398 g/mol. The van der Waals surface area contributed by atoms with E-state index in [1.54, 1.807) is 17.7 Å². The van der Waals surface area contributed by atoms with Gasteiger partial charge in [0, 0.05) is 11.1 Å². The number of hydrogen-bond acceptors (Lipinski definition) is 3. The van der Waals surface area contributed by atoms with Crippen molar-refractivity contribution in [1.82, 2.24) is 9.78 Å². The molecule has 0 spiro atoms. The van der Waals surface area contributed by atoms with E-state index in [0.717, 1.165) is 11.3 Å². The molecule has 2 aromatic carbocycles. The second-order valence-corrected chi connectivity index (χ2v) is 7.35. The number of halogens is 2. The van der Waals surface area contributed by atoms with E-state index in [0.29, 0.717) is 17.2 Å². The highest BCUT2D eigenvalue weighted by molar-refractivity contribution is 6.32. The highest BCUT2D eigenvalue weighted by atomic mass is 35.5. The van der Waals surface area contributed by atoms with E-state index in [9.17, 15) is 9.18 Å². The summed E-state index contributed by atoms with van der Waals surface area (Å²) in [5.41, 5.74) is 4.38. The Morgan fingerprint density at radius 1 is 1.25 bits per heavy atom. The largest absolute Gasteiger partial charge is 0.461 e. The van der Waals surface area contributed by atoms with Crippen LogP contribution in [0.3, 0.4) is 0 Å². The van der Waals surface area contributed by atoms with Crippen LogP contribution in [0.2, 0.25) is 5.02 Å². The Hall–Kier alpha value is -2.66. The van der Waals surface area contributed by atoms with Gasteiger partial charge in [0.2, 0.25) is 0 Å².